The van der Waals surface area contributed by atoms with Crippen LogP contribution in [0.2, 0.25) is 0 Å². The zero-order chi connectivity index (χ0) is 18.1. The molecule has 0 heterocycles. The van der Waals surface area contributed by atoms with Crippen LogP contribution in [0.15, 0.2) is 42.5 Å². The summed E-state index contributed by atoms with van der Waals surface area (Å²) < 4.78 is 1.42. The van der Waals surface area contributed by atoms with Crippen molar-refractivity contribution in [1.82, 2.24) is 0 Å². The monoisotopic (exact) mass is 396 g/mol. The zero-order valence-electron chi connectivity index (χ0n) is 15.3. The molecule has 0 atom stereocenters. The van der Waals surface area contributed by atoms with Gasteiger partial charge in [0.05, 0.1) is 0 Å². The second-order valence-corrected chi connectivity index (χ2v) is 9.79. The Hall–Kier alpha value is -1.81. The summed E-state index contributed by atoms with van der Waals surface area (Å²) >= 11 is 0.124. The quantitative estimate of drug-likeness (QED) is 0.424. The van der Waals surface area contributed by atoms with Crippen LogP contribution in [-0.2, 0) is 10.8 Å². The molecule has 1 nitrogen and oxygen atoms in total. The van der Waals surface area contributed by atoms with Gasteiger partial charge in [0.15, 0.2) is 0 Å². The first-order chi connectivity index (χ1) is 11.8. The Balaban J connectivity index is 1.92. The average Bonchev–Trinajstić information content (AvgIpc) is 2.60. The topological polar surface area (TPSA) is 17.1 Å². The normalized spacial score (nSPS) is 17.1. The summed E-state index contributed by atoms with van der Waals surface area (Å²) in [6.45, 7) is 9.45. The van der Waals surface area contributed by atoms with Crippen LogP contribution in [0.5, 0.6) is 0 Å². The van der Waals surface area contributed by atoms with Crippen molar-refractivity contribution in [3.8, 4) is 10.7 Å². The van der Waals surface area contributed by atoms with E-state index in [9.17, 15) is 4.79 Å². The van der Waals surface area contributed by atoms with Crippen LogP contribution in [0.1, 0.15) is 67.6 Å². The predicted molar refractivity (Wildman–Crippen MR) is 106 cm³/mol. The van der Waals surface area contributed by atoms with E-state index in [1.165, 1.54) is 28.4 Å². The van der Waals surface area contributed by atoms with E-state index in [-0.39, 0.29) is 25.8 Å². The number of benzene rings is 2. The molecule has 0 amide bonds. The van der Waals surface area contributed by atoms with Gasteiger partial charge in [-0.15, -0.1) is 0 Å². The number of aldehydes is 1. The number of carbonyl (C=O) groups excluding carboxylic acids is 1. The molecule has 128 valence electrons. The van der Waals surface area contributed by atoms with E-state index in [4.69, 9.17) is 0 Å². The van der Waals surface area contributed by atoms with Crippen molar-refractivity contribution in [2.45, 2.75) is 51.4 Å². The Bertz CT molecular complexity index is 848. The molecule has 2 heteroatoms. The summed E-state index contributed by atoms with van der Waals surface area (Å²) in [4.78, 5) is 14.1. The number of fused-ring (bicyclic) bond motifs is 1. The second kappa shape index (κ2) is 6.83. The second-order valence-electron chi connectivity index (χ2n) is 8.02. The first-order valence-corrected chi connectivity index (χ1v) is 10.4. The number of carbonyl (C=O) groups is 1. The fourth-order valence-corrected chi connectivity index (χ4v) is 5.46. The number of hydrogen-bond acceptors (Lipinski definition) is 1. The van der Waals surface area contributed by atoms with Gasteiger partial charge < -0.3 is 0 Å². The van der Waals surface area contributed by atoms with Crippen LogP contribution >= 0.6 is 0 Å². The summed E-state index contributed by atoms with van der Waals surface area (Å²) in [6.07, 6.45) is 3.32. The summed E-state index contributed by atoms with van der Waals surface area (Å²) in [5, 5.41) is 0. The van der Waals surface area contributed by atoms with E-state index in [0.29, 0.717) is 5.56 Å². The van der Waals surface area contributed by atoms with E-state index in [2.05, 4.69) is 56.6 Å². The third-order valence-corrected chi connectivity index (χ3v) is 6.81. The van der Waals surface area contributed by atoms with Crippen molar-refractivity contribution in [3.63, 3.8) is 0 Å². The SMILES string of the molecule is CC1(C)CCC(C)(C)c2c([Se]C#Cc3ccc(C=O)cc3)cccc21. The molecule has 1 aliphatic carbocycles. The van der Waals surface area contributed by atoms with Gasteiger partial charge in [-0.05, 0) is 0 Å². The van der Waals surface area contributed by atoms with Gasteiger partial charge in [-0.25, -0.2) is 0 Å². The summed E-state index contributed by atoms with van der Waals surface area (Å²) in [7, 11) is 0. The third kappa shape index (κ3) is 3.74. The Morgan fingerprint density at radius 3 is 2.32 bits per heavy atom. The van der Waals surface area contributed by atoms with Gasteiger partial charge in [-0.3, -0.25) is 0 Å². The third-order valence-electron chi connectivity index (χ3n) is 5.21. The molecule has 2 aromatic carbocycles. The van der Waals surface area contributed by atoms with Crippen molar-refractivity contribution in [2.75, 3.05) is 0 Å². The van der Waals surface area contributed by atoms with Gasteiger partial charge in [0.1, 0.15) is 0 Å². The molecular weight excluding hydrogens is 371 g/mol. The molecule has 0 saturated heterocycles. The van der Waals surface area contributed by atoms with Gasteiger partial charge in [-0.2, -0.15) is 0 Å². The predicted octanol–water partition coefficient (Wildman–Crippen LogP) is 4.19. The van der Waals surface area contributed by atoms with E-state index in [1.807, 2.05) is 24.3 Å². The standard InChI is InChI=1S/C23H24OSe/c1-22(2)13-14-23(3,4)21-19(22)6-5-7-20(21)25-15-12-17-8-10-18(16-24)11-9-17/h5-11,16H,13-14H2,1-4H3. The molecule has 0 N–H and O–H groups in total. The van der Waals surface area contributed by atoms with Crippen LogP contribution in [0.4, 0.5) is 0 Å². The Kier molecular flexibility index (Phi) is 4.92. The first kappa shape index (κ1) is 18.0. The molecule has 0 aliphatic heterocycles. The number of hydrogen-bond donors (Lipinski definition) is 0. The van der Waals surface area contributed by atoms with Crippen molar-refractivity contribution in [2.24, 2.45) is 0 Å². The summed E-state index contributed by atoms with van der Waals surface area (Å²) in [5.41, 5.74) is 5.15. The summed E-state index contributed by atoms with van der Waals surface area (Å²) in [5.74, 6) is 3.26. The van der Waals surface area contributed by atoms with Crippen molar-refractivity contribution < 1.29 is 4.79 Å². The van der Waals surface area contributed by atoms with Gasteiger partial charge in [0.25, 0.3) is 0 Å². The van der Waals surface area contributed by atoms with Crippen molar-refractivity contribution in [1.29, 1.82) is 0 Å². The molecule has 0 bridgehead atoms. The maximum atomic E-state index is 10.7. The first-order valence-electron chi connectivity index (χ1n) is 8.71. The van der Waals surface area contributed by atoms with Crippen molar-refractivity contribution >= 4 is 25.7 Å². The van der Waals surface area contributed by atoms with E-state index in [1.54, 1.807) is 0 Å². The summed E-state index contributed by atoms with van der Waals surface area (Å²) in [6, 6.07) is 14.2. The molecule has 3 rings (SSSR count). The van der Waals surface area contributed by atoms with Crippen LogP contribution in [0.25, 0.3) is 0 Å². The van der Waals surface area contributed by atoms with E-state index < -0.39 is 0 Å². The Morgan fingerprint density at radius 1 is 0.960 bits per heavy atom. The van der Waals surface area contributed by atoms with Crippen LogP contribution < -0.4 is 4.46 Å². The Morgan fingerprint density at radius 2 is 1.64 bits per heavy atom. The average molecular weight is 395 g/mol. The fraction of sp³-hybridized carbons (Fsp3) is 0.348. The molecule has 0 aromatic heterocycles. The fourth-order valence-electron chi connectivity index (χ4n) is 3.55. The van der Waals surface area contributed by atoms with Crippen LogP contribution in [0.3, 0.4) is 0 Å². The Labute approximate surface area is 157 Å². The van der Waals surface area contributed by atoms with Crippen molar-refractivity contribution in [3.05, 3.63) is 64.7 Å². The minimum absolute atomic E-state index is 0.124. The van der Waals surface area contributed by atoms with Gasteiger partial charge in [0, 0.05) is 0 Å². The van der Waals surface area contributed by atoms with E-state index >= 15 is 0 Å². The number of rotatable bonds is 2. The molecular formula is C23H24OSe. The molecule has 0 fully saturated rings. The van der Waals surface area contributed by atoms with Crippen LogP contribution in [-0.4, -0.2) is 21.2 Å². The molecule has 0 saturated carbocycles. The van der Waals surface area contributed by atoms with Gasteiger partial charge in [0.2, 0.25) is 0 Å². The molecule has 25 heavy (non-hydrogen) atoms. The molecule has 1 aliphatic rings. The zero-order valence-corrected chi connectivity index (χ0v) is 17.1. The van der Waals surface area contributed by atoms with Crippen LogP contribution in [0, 0.1) is 10.7 Å². The molecule has 0 radical (unpaired) electrons. The van der Waals surface area contributed by atoms with Gasteiger partial charge in [-0.1, -0.05) is 0 Å². The van der Waals surface area contributed by atoms with Gasteiger partial charge >= 0.3 is 157 Å². The molecule has 0 unspecified atom stereocenters. The minimum atomic E-state index is 0.124. The maximum absolute atomic E-state index is 10.7. The van der Waals surface area contributed by atoms with E-state index in [0.717, 1.165) is 11.8 Å². The molecule has 0 spiro atoms. The molecule has 2 aromatic rings.